The van der Waals surface area contributed by atoms with Crippen LogP contribution in [-0.4, -0.2) is 11.1 Å². The van der Waals surface area contributed by atoms with Crippen LogP contribution in [0, 0.1) is 0 Å². The molecule has 23 heavy (non-hydrogen) atoms. The molecule has 0 spiro atoms. The maximum absolute atomic E-state index is 11.1. The van der Waals surface area contributed by atoms with Gasteiger partial charge in [0.05, 0.1) is 6.42 Å². The number of ether oxygens (including phenoxy) is 1. The molecule has 0 aliphatic rings. The average Bonchev–Trinajstić information content (AvgIpc) is 2.56. The van der Waals surface area contributed by atoms with Crippen LogP contribution in [0.1, 0.15) is 11.1 Å². The summed E-state index contributed by atoms with van der Waals surface area (Å²) in [6.07, 6.45) is -0.106. The maximum Gasteiger partial charge on any atom is 0.307 e. The lowest BCUT2D eigenvalue weighted by Crippen LogP contribution is -2.06. The van der Waals surface area contributed by atoms with Crippen molar-refractivity contribution in [3.05, 3.63) is 71.8 Å². The van der Waals surface area contributed by atoms with E-state index in [-0.39, 0.29) is 6.42 Å². The summed E-state index contributed by atoms with van der Waals surface area (Å²) in [7, 11) is 0. The van der Waals surface area contributed by atoms with Crippen LogP contribution in [-0.2, 0) is 17.8 Å². The van der Waals surface area contributed by atoms with Crippen molar-refractivity contribution in [1.29, 1.82) is 0 Å². The van der Waals surface area contributed by atoms with Crippen LogP contribution < -0.4 is 10.5 Å². The minimum atomic E-state index is -0.903. The van der Waals surface area contributed by atoms with E-state index in [4.69, 9.17) is 15.6 Å². The van der Waals surface area contributed by atoms with Crippen molar-refractivity contribution in [1.82, 2.24) is 0 Å². The van der Waals surface area contributed by atoms with Crippen molar-refractivity contribution in [2.75, 3.05) is 5.73 Å². The molecule has 0 saturated heterocycles. The third kappa shape index (κ3) is 3.26. The second-order valence-corrected chi connectivity index (χ2v) is 5.33. The lowest BCUT2D eigenvalue weighted by atomic mass is 9.99. The molecule has 0 aromatic heterocycles. The summed E-state index contributed by atoms with van der Waals surface area (Å²) in [6, 6.07) is 19.1. The lowest BCUT2D eigenvalue weighted by Gasteiger charge is -2.14. The van der Waals surface area contributed by atoms with E-state index >= 15 is 0 Å². The highest BCUT2D eigenvalue weighted by molar-refractivity contribution is 5.97. The zero-order chi connectivity index (χ0) is 16.2. The molecule has 0 radical (unpaired) electrons. The van der Waals surface area contributed by atoms with Gasteiger partial charge < -0.3 is 15.6 Å². The molecule has 116 valence electrons. The molecule has 0 unspecified atom stereocenters. The summed E-state index contributed by atoms with van der Waals surface area (Å²) < 4.78 is 5.92. The summed E-state index contributed by atoms with van der Waals surface area (Å²) in [6.45, 7) is 0.433. The molecule has 3 aromatic rings. The zero-order valence-corrected chi connectivity index (χ0v) is 12.5. The van der Waals surface area contributed by atoms with Gasteiger partial charge >= 0.3 is 5.97 Å². The highest BCUT2D eigenvalue weighted by atomic mass is 16.5. The molecule has 0 amide bonds. The van der Waals surface area contributed by atoms with Gasteiger partial charge in [-0.15, -0.1) is 0 Å². The normalized spacial score (nSPS) is 10.6. The Bertz CT molecular complexity index is 844. The van der Waals surface area contributed by atoms with Gasteiger partial charge in [-0.2, -0.15) is 0 Å². The Morgan fingerprint density at radius 1 is 1.00 bits per heavy atom. The second-order valence-electron chi connectivity index (χ2n) is 5.33. The van der Waals surface area contributed by atoms with Gasteiger partial charge in [-0.25, -0.2) is 0 Å². The smallest absolute Gasteiger partial charge is 0.307 e. The number of aliphatic carboxylic acids is 1. The van der Waals surface area contributed by atoms with Gasteiger partial charge in [0.2, 0.25) is 0 Å². The fraction of sp³-hybridized carbons (Fsp3) is 0.105. The predicted molar refractivity (Wildman–Crippen MR) is 90.5 cm³/mol. The molecule has 0 fully saturated rings. The summed E-state index contributed by atoms with van der Waals surface area (Å²) in [4.78, 5) is 11.1. The molecular formula is C19H17NO3. The van der Waals surface area contributed by atoms with Crippen molar-refractivity contribution in [2.45, 2.75) is 13.0 Å². The topological polar surface area (TPSA) is 72.5 Å². The number of carboxylic acid groups (broad SMARTS) is 1. The number of rotatable bonds is 5. The van der Waals surface area contributed by atoms with Gasteiger partial charge in [-0.3, -0.25) is 4.79 Å². The monoisotopic (exact) mass is 307 g/mol. The van der Waals surface area contributed by atoms with Crippen molar-refractivity contribution in [3.8, 4) is 5.75 Å². The Hall–Kier alpha value is -3.01. The molecule has 0 atom stereocenters. The molecule has 4 nitrogen and oxygen atoms in total. The van der Waals surface area contributed by atoms with Crippen LogP contribution in [0.2, 0.25) is 0 Å². The molecule has 0 aliphatic carbocycles. The first-order valence-electron chi connectivity index (χ1n) is 7.34. The van der Waals surface area contributed by atoms with Crippen molar-refractivity contribution < 1.29 is 14.6 Å². The van der Waals surface area contributed by atoms with E-state index in [1.807, 2.05) is 54.6 Å². The summed E-state index contributed by atoms with van der Waals surface area (Å²) in [5, 5.41) is 10.8. The Labute approximate surface area is 134 Å². The number of fused-ring (bicyclic) bond motifs is 1. The van der Waals surface area contributed by atoms with E-state index in [1.54, 1.807) is 6.07 Å². The van der Waals surface area contributed by atoms with Gasteiger partial charge in [-0.1, -0.05) is 54.6 Å². The van der Waals surface area contributed by atoms with Gasteiger partial charge in [0.15, 0.2) is 0 Å². The second kappa shape index (κ2) is 6.40. The fourth-order valence-electron chi connectivity index (χ4n) is 2.63. The number of carbonyl (C=O) groups is 1. The van der Waals surface area contributed by atoms with Crippen LogP contribution in [0.15, 0.2) is 60.7 Å². The average molecular weight is 307 g/mol. The van der Waals surface area contributed by atoms with E-state index in [0.29, 0.717) is 23.6 Å². The first-order chi connectivity index (χ1) is 11.1. The minimum absolute atomic E-state index is 0.106. The van der Waals surface area contributed by atoms with Crippen molar-refractivity contribution in [3.63, 3.8) is 0 Å². The van der Waals surface area contributed by atoms with E-state index in [1.165, 1.54) is 0 Å². The summed E-state index contributed by atoms with van der Waals surface area (Å²) >= 11 is 0. The zero-order valence-electron chi connectivity index (χ0n) is 12.5. The van der Waals surface area contributed by atoms with Crippen molar-refractivity contribution >= 4 is 22.4 Å². The molecule has 0 bridgehead atoms. The molecule has 3 N–H and O–H groups in total. The molecule has 3 aromatic carbocycles. The molecule has 0 heterocycles. The van der Waals surface area contributed by atoms with Gasteiger partial charge in [0, 0.05) is 17.1 Å². The molecule has 4 heteroatoms. The van der Waals surface area contributed by atoms with Crippen LogP contribution in [0.25, 0.3) is 10.8 Å². The minimum Gasteiger partial charge on any atom is -0.488 e. The molecular weight excluding hydrogens is 290 g/mol. The van der Waals surface area contributed by atoms with E-state index in [0.717, 1.165) is 16.3 Å². The molecule has 0 saturated carbocycles. The van der Waals surface area contributed by atoms with Crippen LogP contribution in [0.4, 0.5) is 5.69 Å². The van der Waals surface area contributed by atoms with Crippen LogP contribution in [0.3, 0.4) is 0 Å². The van der Waals surface area contributed by atoms with Crippen molar-refractivity contribution in [2.24, 2.45) is 0 Å². The number of hydrogen-bond acceptors (Lipinski definition) is 3. The number of anilines is 1. The Morgan fingerprint density at radius 2 is 1.65 bits per heavy atom. The highest BCUT2D eigenvalue weighted by Gasteiger charge is 2.13. The third-order valence-corrected chi connectivity index (χ3v) is 3.72. The SMILES string of the molecule is Nc1cc(OCc2ccccc2)c2ccccc2c1CC(=O)O. The summed E-state index contributed by atoms with van der Waals surface area (Å²) in [5.41, 5.74) is 8.19. The van der Waals surface area contributed by atoms with Gasteiger partial charge in [0.25, 0.3) is 0 Å². The number of carboxylic acids is 1. The maximum atomic E-state index is 11.1. The number of nitrogens with two attached hydrogens (primary N) is 1. The molecule has 3 rings (SSSR count). The Morgan fingerprint density at radius 3 is 2.35 bits per heavy atom. The molecule has 0 aliphatic heterocycles. The first kappa shape index (κ1) is 14.9. The van der Waals surface area contributed by atoms with Crippen LogP contribution in [0.5, 0.6) is 5.75 Å². The van der Waals surface area contributed by atoms with Gasteiger partial charge in [0.1, 0.15) is 12.4 Å². The first-order valence-corrected chi connectivity index (χ1v) is 7.34. The number of nitrogen functional groups attached to an aromatic ring is 1. The standard InChI is InChI=1S/C19H17NO3/c20-17-11-18(23-12-13-6-2-1-3-7-13)15-9-5-4-8-14(15)16(17)10-19(21)22/h1-9,11H,10,12,20H2,(H,21,22). The fourth-order valence-corrected chi connectivity index (χ4v) is 2.63. The van der Waals surface area contributed by atoms with E-state index in [2.05, 4.69) is 0 Å². The number of hydrogen-bond donors (Lipinski definition) is 2. The third-order valence-electron chi connectivity index (χ3n) is 3.72. The number of benzene rings is 3. The Balaban J connectivity index is 1.99. The quantitative estimate of drug-likeness (QED) is 0.706. The summed E-state index contributed by atoms with van der Waals surface area (Å²) in [5.74, 6) is -0.240. The largest absolute Gasteiger partial charge is 0.488 e. The lowest BCUT2D eigenvalue weighted by molar-refractivity contribution is -0.136. The van der Waals surface area contributed by atoms with Crippen LogP contribution >= 0.6 is 0 Å². The highest BCUT2D eigenvalue weighted by Crippen LogP contribution is 2.34. The predicted octanol–water partition coefficient (Wildman–Crippen LogP) is 3.63. The van der Waals surface area contributed by atoms with E-state index in [9.17, 15) is 4.79 Å². The van der Waals surface area contributed by atoms with Gasteiger partial charge in [-0.05, 0) is 16.5 Å². The Kier molecular flexibility index (Phi) is 4.15. The van der Waals surface area contributed by atoms with E-state index < -0.39 is 5.97 Å².